The molecule has 3 rings (SSSR count). The Morgan fingerprint density at radius 3 is 2.48 bits per heavy atom. The van der Waals surface area contributed by atoms with Crippen molar-refractivity contribution in [3.05, 3.63) is 66.2 Å². The Morgan fingerprint density at radius 1 is 1.08 bits per heavy atom. The molecule has 2 nitrogen and oxygen atoms in total. The predicted molar refractivity (Wildman–Crippen MR) is 111 cm³/mol. The van der Waals surface area contributed by atoms with Gasteiger partial charge < -0.3 is 0 Å². The number of rotatable bonds is 5. The summed E-state index contributed by atoms with van der Waals surface area (Å²) in [6.07, 6.45) is 5.10. The van der Waals surface area contributed by atoms with Crippen LogP contribution in [-0.4, -0.2) is 25.6 Å². The molecule has 0 saturated heterocycles. The van der Waals surface area contributed by atoms with Gasteiger partial charge in [-0.2, -0.15) is 0 Å². The Bertz CT molecular complexity index is 677. The van der Waals surface area contributed by atoms with E-state index in [0.717, 1.165) is 11.7 Å². The summed E-state index contributed by atoms with van der Waals surface area (Å²) in [7, 11) is 0. The second-order valence-electron chi connectivity index (χ2n) is 6.88. The Morgan fingerprint density at radius 2 is 1.76 bits per heavy atom. The number of nitrogens with one attached hydrogen (secondary N) is 2. The first kappa shape index (κ1) is 18.4. The van der Waals surface area contributed by atoms with E-state index in [2.05, 4.69) is 72.2 Å². The molecular formula is C21H26N2SSe. The summed E-state index contributed by atoms with van der Waals surface area (Å²) in [6.45, 7) is 3.13. The van der Waals surface area contributed by atoms with Crippen LogP contribution >= 0.6 is 12.2 Å². The average Bonchev–Trinajstić information content (AvgIpc) is 2.64. The molecule has 1 saturated carbocycles. The summed E-state index contributed by atoms with van der Waals surface area (Å²) in [5, 5.41) is 7.83. The minimum absolute atomic E-state index is 0.0921. The van der Waals surface area contributed by atoms with E-state index in [1.165, 1.54) is 35.7 Å². The first-order valence-electron chi connectivity index (χ1n) is 8.97. The van der Waals surface area contributed by atoms with Crippen molar-refractivity contribution in [1.29, 1.82) is 0 Å². The molecule has 0 spiro atoms. The van der Waals surface area contributed by atoms with E-state index in [9.17, 15) is 0 Å². The van der Waals surface area contributed by atoms with Gasteiger partial charge in [0.1, 0.15) is 0 Å². The van der Waals surface area contributed by atoms with Crippen molar-refractivity contribution in [1.82, 2.24) is 10.6 Å². The van der Waals surface area contributed by atoms with Crippen molar-refractivity contribution in [3.63, 3.8) is 0 Å². The third-order valence-electron chi connectivity index (χ3n) is 4.84. The van der Waals surface area contributed by atoms with Gasteiger partial charge in [-0.25, -0.2) is 0 Å². The predicted octanol–water partition coefficient (Wildman–Crippen LogP) is 3.80. The molecule has 0 heterocycles. The van der Waals surface area contributed by atoms with Gasteiger partial charge in [-0.3, -0.25) is 0 Å². The Balaban J connectivity index is 1.60. The van der Waals surface area contributed by atoms with Gasteiger partial charge in [0, 0.05) is 0 Å². The Labute approximate surface area is 163 Å². The molecule has 0 radical (unpaired) electrons. The van der Waals surface area contributed by atoms with Crippen LogP contribution in [0.25, 0.3) is 0 Å². The molecule has 0 aliphatic heterocycles. The average molecular weight is 417 g/mol. The second kappa shape index (κ2) is 8.84. The van der Waals surface area contributed by atoms with Crippen LogP contribution in [0.2, 0.25) is 4.82 Å². The maximum atomic E-state index is 5.61. The molecule has 132 valence electrons. The fraction of sp³-hybridized carbons (Fsp3) is 0.381. The number of hydrogen-bond donors (Lipinski definition) is 2. The van der Waals surface area contributed by atoms with Crippen LogP contribution in [0.15, 0.2) is 60.7 Å². The molecule has 2 aromatic rings. The molecule has 2 aromatic carbocycles. The summed E-state index contributed by atoms with van der Waals surface area (Å²) in [6, 6.07) is 21.3. The summed E-state index contributed by atoms with van der Waals surface area (Å²) < 4.78 is 1.48. The van der Waals surface area contributed by atoms with Crippen molar-refractivity contribution in [2.75, 3.05) is 0 Å². The number of hydrogen-bond acceptors (Lipinski definition) is 1. The summed E-state index contributed by atoms with van der Waals surface area (Å²) >= 11 is 6.08. The van der Waals surface area contributed by atoms with Crippen LogP contribution in [0, 0.1) is 0 Å². The standard InChI is InChI=1S/C21H26N2SSe/c1-21(23-20(24)22-16-17-10-4-2-5-11-17)15-9-8-14-19(21)25-18-12-6-3-7-13-18/h2-7,10-13,19H,8-9,14-16H2,1H3,(H2,22,23,24)/t19-,21-/m0/s1. The molecule has 2 N–H and O–H groups in total. The van der Waals surface area contributed by atoms with Gasteiger partial charge in [0.2, 0.25) is 0 Å². The van der Waals surface area contributed by atoms with E-state index in [0.29, 0.717) is 19.8 Å². The molecule has 0 aromatic heterocycles. The molecule has 0 amide bonds. The summed E-state index contributed by atoms with van der Waals surface area (Å²) in [5.41, 5.74) is 1.35. The molecule has 0 unspecified atom stereocenters. The van der Waals surface area contributed by atoms with Crippen molar-refractivity contribution in [2.24, 2.45) is 0 Å². The van der Waals surface area contributed by atoms with Gasteiger partial charge in [-0.1, -0.05) is 0 Å². The van der Waals surface area contributed by atoms with E-state index >= 15 is 0 Å². The summed E-state index contributed by atoms with van der Waals surface area (Å²) in [4.78, 5) is 0.674. The van der Waals surface area contributed by atoms with Crippen molar-refractivity contribution in [2.45, 2.75) is 49.5 Å². The van der Waals surface area contributed by atoms with Crippen LogP contribution in [0.1, 0.15) is 38.2 Å². The van der Waals surface area contributed by atoms with E-state index < -0.39 is 0 Å². The van der Waals surface area contributed by atoms with Gasteiger partial charge in [0.25, 0.3) is 0 Å². The molecule has 1 fully saturated rings. The van der Waals surface area contributed by atoms with Crippen molar-refractivity contribution < 1.29 is 0 Å². The quantitative estimate of drug-likeness (QED) is 0.572. The SMILES string of the molecule is C[C@]1(NC(=S)NCc2ccccc2)CCCC[C@@H]1[Se]c1ccccc1. The number of benzene rings is 2. The van der Waals surface area contributed by atoms with Crippen LogP contribution in [0.3, 0.4) is 0 Å². The van der Waals surface area contributed by atoms with Crippen molar-refractivity contribution >= 4 is 36.7 Å². The zero-order chi connectivity index (χ0) is 17.5. The second-order valence-corrected chi connectivity index (χ2v) is 9.96. The van der Waals surface area contributed by atoms with E-state index in [1.807, 2.05) is 6.07 Å². The van der Waals surface area contributed by atoms with Gasteiger partial charge >= 0.3 is 163 Å². The molecule has 4 heteroatoms. The van der Waals surface area contributed by atoms with Gasteiger partial charge in [-0.05, 0) is 0 Å². The fourth-order valence-electron chi connectivity index (χ4n) is 3.38. The van der Waals surface area contributed by atoms with Gasteiger partial charge in [-0.15, -0.1) is 0 Å². The van der Waals surface area contributed by atoms with Gasteiger partial charge in [0.15, 0.2) is 0 Å². The van der Waals surface area contributed by atoms with Crippen LogP contribution in [0.4, 0.5) is 0 Å². The van der Waals surface area contributed by atoms with E-state index in [-0.39, 0.29) is 5.54 Å². The summed E-state index contributed by atoms with van der Waals surface area (Å²) in [5.74, 6) is 0. The topological polar surface area (TPSA) is 24.1 Å². The maximum absolute atomic E-state index is 5.61. The van der Waals surface area contributed by atoms with E-state index in [1.54, 1.807) is 0 Å². The zero-order valence-electron chi connectivity index (χ0n) is 14.7. The Kier molecular flexibility index (Phi) is 6.52. The molecule has 2 atom stereocenters. The molecule has 1 aliphatic carbocycles. The molecule has 25 heavy (non-hydrogen) atoms. The third kappa shape index (κ3) is 5.31. The first-order valence-corrected chi connectivity index (χ1v) is 11.2. The van der Waals surface area contributed by atoms with Crippen LogP contribution in [0.5, 0.6) is 0 Å². The van der Waals surface area contributed by atoms with E-state index in [4.69, 9.17) is 12.2 Å². The van der Waals surface area contributed by atoms with Crippen LogP contribution < -0.4 is 15.1 Å². The molecule has 0 bridgehead atoms. The minimum atomic E-state index is 0.0921. The Hall–Kier alpha value is -1.35. The fourth-order valence-corrected chi connectivity index (χ4v) is 6.55. The monoisotopic (exact) mass is 418 g/mol. The first-order chi connectivity index (χ1) is 12.2. The number of thiocarbonyl (C=S) groups is 1. The van der Waals surface area contributed by atoms with Crippen LogP contribution in [-0.2, 0) is 6.54 Å². The normalized spacial score (nSPS) is 23.0. The molecular weight excluding hydrogens is 391 g/mol. The zero-order valence-corrected chi connectivity index (χ0v) is 17.2. The third-order valence-corrected chi connectivity index (χ3v) is 8.41. The van der Waals surface area contributed by atoms with Crippen molar-refractivity contribution in [3.8, 4) is 0 Å². The van der Waals surface area contributed by atoms with Gasteiger partial charge in [0.05, 0.1) is 0 Å². The molecule has 1 aliphatic rings.